The van der Waals surface area contributed by atoms with E-state index in [-0.39, 0.29) is 0 Å². The fourth-order valence-electron chi connectivity index (χ4n) is 3.76. The Morgan fingerprint density at radius 2 is 2.11 bits per heavy atom. The lowest BCUT2D eigenvalue weighted by Crippen LogP contribution is -2.42. The van der Waals surface area contributed by atoms with Gasteiger partial charge in [-0.25, -0.2) is 4.98 Å². The molecule has 2 atom stereocenters. The predicted molar refractivity (Wildman–Crippen MR) is 79.3 cm³/mol. The molecule has 0 aromatic carbocycles. The van der Waals surface area contributed by atoms with Crippen LogP contribution in [-0.4, -0.2) is 25.1 Å². The van der Waals surface area contributed by atoms with Gasteiger partial charge in [-0.3, -0.25) is 0 Å². The zero-order valence-corrected chi connectivity index (χ0v) is 11.9. The van der Waals surface area contributed by atoms with Crippen LogP contribution in [0.15, 0.2) is 18.3 Å². The number of rotatable bonds is 3. The maximum absolute atomic E-state index is 4.58. The van der Waals surface area contributed by atoms with Crippen molar-refractivity contribution in [3.05, 3.63) is 23.9 Å². The molecule has 1 saturated carbocycles. The molecule has 2 aliphatic rings. The molecule has 2 heterocycles. The third kappa shape index (κ3) is 2.92. The highest BCUT2D eigenvalue weighted by molar-refractivity contribution is 5.41. The second-order valence-electron chi connectivity index (χ2n) is 6.09. The van der Waals surface area contributed by atoms with Crippen LogP contribution in [0.5, 0.6) is 0 Å². The van der Waals surface area contributed by atoms with E-state index in [1.165, 1.54) is 56.6 Å². The Morgan fingerprint density at radius 1 is 1.26 bits per heavy atom. The third-order valence-electron chi connectivity index (χ3n) is 4.81. The van der Waals surface area contributed by atoms with Gasteiger partial charge in [-0.15, -0.1) is 0 Å². The molecule has 19 heavy (non-hydrogen) atoms. The Morgan fingerprint density at radius 3 is 2.95 bits per heavy atom. The number of nitrogens with zero attached hydrogens (tertiary/aromatic N) is 2. The van der Waals surface area contributed by atoms with Crippen LogP contribution < -0.4 is 10.2 Å². The van der Waals surface area contributed by atoms with Crippen molar-refractivity contribution in [2.45, 2.75) is 38.6 Å². The van der Waals surface area contributed by atoms with Crippen LogP contribution in [0.1, 0.15) is 37.7 Å². The second kappa shape index (κ2) is 5.91. The Hall–Kier alpha value is -1.09. The van der Waals surface area contributed by atoms with Crippen molar-refractivity contribution in [2.24, 2.45) is 11.8 Å². The van der Waals surface area contributed by atoms with Crippen LogP contribution in [0.4, 0.5) is 5.82 Å². The van der Waals surface area contributed by atoms with E-state index in [0.717, 1.165) is 18.4 Å². The number of anilines is 1. The van der Waals surface area contributed by atoms with E-state index in [0.29, 0.717) is 0 Å². The lowest BCUT2D eigenvalue weighted by Gasteiger charge is -2.41. The van der Waals surface area contributed by atoms with Crippen LogP contribution in [0.25, 0.3) is 0 Å². The lowest BCUT2D eigenvalue weighted by molar-refractivity contribution is 0.202. The first-order valence-corrected chi connectivity index (χ1v) is 7.71. The van der Waals surface area contributed by atoms with Gasteiger partial charge in [0.2, 0.25) is 0 Å². The lowest BCUT2D eigenvalue weighted by atomic mass is 9.75. The van der Waals surface area contributed by atoms with Crippen molar-refractivity contribution in [1.82, 2.24) is 10.3 Å². The van der Waals surface area contributed by atoms with Crippen molar-refractivity contribution in [1.29, 1.82) is 0 Å². The minimum Gasteiger partial charge on any atom is -0.356 e. The number of pyridine rings is 1. The van der Waals surface area contributed by atoms with Crippen LogP contribution >= 0.6 is 0 Å². The number of fused-ring (bicyclic) bond motifs is 1. The summed E-state index contributed by atoms with van der Waals surface area (Å²) in [7, 11) is 1.99. The van der Waals surface area contributed by atoms with Gasteiger partial charge in [0.15, 0.2) is 0 Å². The van der Waals surface area contributed by atoms with Gasteiger partial charge in [0, 0.05) is 25.8 Å². The fourth-order valence-corrected chi connectivity index (χ4v) is 3.76. The van der Waals surface area contributed by atoms with E-state index in [2.05, 4.69) is 27.3 Å². The fraction of sp³-hybridized carbons (Fsp3) is 0.688. The smallest absolute Gasteiger partial charge is 0.128 e. The van der Waals surface area contributed by atoms with Gasteiger partial charge in [0.25, 0.3) is 0 Å². The average Bonchev–Trinajstić information content (AvgIpc) is 2.47. The van der Waals surface area contributed by atoms with Gasteiger partial charge in [-0.1, -0.05) is 19.3 Å². The molecule has 3 nitrogen and oxygen atoms in total. The molecule has 2 unspecified atom stereocenters. The SMILES string of the molecule is CNCc1ccnc(N2CCC3CCCCC3C2)c1. The van der Waals surface area contributed by atoms with E-state index in [1.807, 2.05) is 13.2 Å². The minimum absolute atomic E-state index is 0.914. The van der Waals surface area contributed by atoms with E-state index < -0.39 is 0 Å². The molecule has 0 spiro atoms. The van der Waals surface area contributed by atoms with Crippen molar-refractivity contribution >= 4 is 5.82 Å². The highest BCUT2D eigenvalue weighted by Crippen LogP contribution is 2.37. The summed E-state index contributed by atoms with van der Waals surface area (Å²) in [6.07, 6.45) is 9.10. The first-order valence-electron chi connectivity index (χ1n) is 7.71. The van der Waals surface area contributed by atoms with E-state index in [4.69, 9.17) is 0 Å². The summed E-state index contributed by atoms with van der Waals surface area (Å²) < 4.78 is 0. The molecule has 3 heteroatoms. The summed E-state index contributed by atoms with van der Waals surface area (Å²) in [4.78, 5) is 7.09. The topological polar surface area (TPSA) is 28.2 Å². The first kappa shape index (κ1) is 12.9. The van der Waals surface area contributed by atoms with Gasteiger partial charge in [-0.2, -0.15) is 0 Å². The number of nitrogens with one attached hydrogen (secondary N) is 1. The van der Waals surface area contributed by atoms with Gasteiger partial charge >= 0.3 is 0 Å². The van der Waals surface area contributed by atoms with Gasteiger partial charge in [-0.05, 0) is 49.4 Å². The maximum Gasteiger partial charge on any atom is 0.128 e. The largest absolute Gasteiger partial charge is 0.356 e. The Bertz CT molecular complexity index is 418. The van der Waals surface area contributed by atoms with E-state index in [1.54, 1.807) is 0 Å². The van der Waals surface area contributed by atoms with Gasteiger partial charge < -0.3 is 10.2 Å². The van der Waals surface area contributed by atoms with E-state index >= 15 is 0 Å². The number of aromatic nitrogens is 1. The average molecular weight is 259 g/mol. The molecule has 0 bridgehead atoms. The molecule has 1 aliphatic carbocycles. The van der Waals surface area contributed by atoms with Crippen LogP contribution in [0.2, 0.25) is 0 Å². The predicted octanol–water partition coefficient (Wildman–Crippen LogP) is 2.82. The summed E-state index contributed by atoms with van der Waals surface area (Å²) >= 11 is 0. The molecule has 1 saturated heterocycles. The standard InChI is InChI=1S/C16H25N3/c1-17-11-13-6-8-18-16(10-13)19-9-7-14-4-2-3-5-15(14)12-19/h6,8,10,14-15,17H,2-5,7,9,11-12H2,1H3. The number of hydrogen-bond donors (Lipinski definition) is 1. The normalized spacial score (nSPS) is 27.1. The third-order valence-corrected chi connectivity index (χ3v) is 4.81. The highest BCUT2D eigenvalue weighted by atomic mass is 15.2. The summed E-state index contributed by atoms with van der Waals surface area (Å²) in [6, 6.07) is 4.35. The molecular weight excluding hydrogens is 234 g/mol. The van der Waals surface area contributed by atoms with E-state index in [9.17, 15) is 0 Å². The number of hydrogen-bond acceptors (Lipinski definition) is 3. The molecule has 1 aliphatic heterocycles. The molecule has 0 amide bonds. The van der Waals surface area contributed by atoms with Crippen molar-refractivity contribution in [2.75, 3.05) is 25.0 Å². The molecule has 1 aromatic heterocycles. The first-order chi connectivity index (χ1) is 9.36. The van der Waals surface area contributed by atoms with Crippen LogP contribution in [0.3, 0.4) is 0 Å². The zero-order chi connectivity index (χ0) is 13.1. The monoisotopic (exact) mass is 259 g/mol. The molecule has 104 valence electrons. The zero-order valence-electron chi connectivity index (χ0n) is 11.9. The van der Waals surface area contributed by atoms with Crippen LogP contribution in [-0.2, 0) is 6.54 Å². The maximum atomic E-state index is 4.58. The quantitative estimate of drug-likeness (QED) is 0.904. The number of piperidine rings is 1. The van der Waals surface area contributed by atoms with Crippen LogP contribution in [0, 0.1) is 11.8 Å². The van der Waals surface area contributed by atoms with Crippen molar-refractivity contribution in [3.8, 4) is 0 Å². The molecule has 0 radical (unpaired) electrons. The molecule has 3 rings (SSSR count). The van der Waals surface area contributed by atoms with Crippen molar-refractivity contribution in [3.63, 3.8) is 0 Å². The minimum atomic E-state index is 0.914. The molecule has 1 N–H and O–H groups in total. The van der Waals surface area contributed by atoms with Gasteiger partial charge in [0.05, 0.1) is 0 Å². The Balaban J connectivity index is 1.70. The molecule has 1 aromatic rings. The summed E-state index contributed by atoms with van der Waals surface area (Å²) in [5.74, 6) is 3.08. The second-order valence-corrected chi connectivity index (χ2v) is 6.09. The Labute approximate surface area is 116 Å². The summed E-state index contributed by atoms with van der Waals surface area (Å²) in [5.41, 5.74) is 1.33. The highest BCUT2D eigenvalue weighted by Gasteiger charge is 2.31. The van der Waals surface area contributed by atoms with Gasteiger partial charge in [0.1, 0.15) is 5.82 Å². The Kier molecular flexibility index (Phi) is 4.02. The van der Waals surface area contributed by atoms with Crippen molar-refractivity contribution < 1.29 is 0 Å². The summed E-state index contributed by atoms with van der Waals surface area (Å²) in [5, 5.41) is 3.21. The molecule has 2 fully saturated rings. The summed E-state index contributed by atoms with van der Waals surface area (Å²) in [6.45, 7) is 3.34. The molecular formula is C16H25N3.